The zero-order valence-corrected chi connectivity index (χ0v) is 21.9. The average molecular weight is 533 g/mol. The van der Waals surface area contributed by atoms with Crippen LogP contribution >= 0.6 is 11.5 Å². The SMILES string of the molecule is C[C@H](NC(=O)c1cc(-c2ccsn2)cn2ncc(Cc3ccc4ccccc4c3)c12)c1ccc(C(=O)O)cc1. The van der Waals surface area contributed by atoms with Gasteiger partial charge in [0.2, 0.25) is 0 Å². The Morgan fingerprint density at radius 2 is 1.79 bits per heavy atom. The first kappa shape index (κ1) is 24.5. The first-order valence-corrected chi connectivity index (χ1v) is 13.3. The molecule has 39 heavy (non-hydrogen) atoms. The lowest BCUT2D eigenvalue weighted by molar-refractivity contribution is 0.0696. The van der Waals surface area contributed by atoms with Gasteiger partial charge in [0.05, 0.1) is 34.6 Å². The van der Waals surface area contributed by atoms with Gasteiger partial charge in [-0.25, -0.2) is 9.31 Å². The van der Waals surface area contributed by atoms with Crippen molar-refractivity contribution in [3.63, 3.8) is 0 Å². The number of carboxylic acids is 1. The van der Waals surface area contributed by atoms with Crippen molar-refractivity contribution in [2.75, 3.05) is 0 Å². The van der Waals surface area contributed by atoms with E-state index in [0.29, 0.717) is 12.0 Å². The summed E-state index contributed by atoms with van der Waals surface area (Å²) in [4.78, 5) is 25.0. The van der Waals surface area contributed by atoms with Gasteiger partial charge in [-0.3, -0.25) is 4.79 Å². The number of aromatic carboxylic acids is 1. The number of carbonyl (C=O) groups is 2. The van der Waals surface area contributed by atoms with Crippen LogP contribution in [0.2, 0.25) is 0 Å². The van der Waals surface area contributed by atoms with Crippen molar-refractivity contribution in [2.24, 2.45) is 0 Å². The van der Waals surface area contributed by atoms with Gasteiger partial charge in [-0.15, -0.1) is 0 Å². The summed E-state index contributed by atoms with van der Waals surface area (Å²) in [5, 5.41) is 21.1. The van der Waals surface area contributed by atoms with Gasteiger partial charge in [0.1, 0.15) is 0 Å². The molecule has 6 rings (SSSR count). The lowest BCUT2D eigenvalue weighted by atomic mass is 9.99. The molecule has 0 bridgehead atoms. The zero-order chi connectivity index (χ0) is 26.9. The summed E-state index contributed by atoms with van der Waals surface area (Å²) in [6.45, 7) is 1.88. The highest BCUT2D eigenvalue weighted by Crippen LogP contribution is 2.28. The second-order valence-corrected chi connectivity index (χ2v) is 10.1. The van der Waals surface area contributed by atoms with E-state index in [0.717, 1.165) is 38.9 Å². The Labute approximate surface area is 228 Å². The molecule has 0 spiro atoms. The third-order valence-electron chi connectivity index (χ3n) is 6.88. The van der Waals surface area contributed by atoms with E-state index in [4.69, 9.17) is 0 Å². The molecule has 0 aliphatic carbocycles. The van der Waals surface area contributed by atoms with Crippen LogP contribution in [-0.4, -0.2) is 31.0 Å². The molecule has 0 saturated carbocycles. The average Bonchev–Trinajstić information content (AvgIpc) is 3.63. The van der Waals surface area contributed by atoms with Crippen LogP contribution in [0.4, 0.5) is 0 Å². The minimum Gasteiger partial charge on any atom is -0.478 e. The molecule has 6 aromatic rings. The third kappa shape index (κ3) is 4.89. The summed E-state index contributed by atoms with van der Waals surface area (Å²) >= 11 is 1.35. The minimum absolute atomic E-state index is 0.201. The van der Waals surface area contributed by atoms with Gasteiger partial charge in [-0.1, -0.05) is 54.6 Å². The van der Waals surface area contributed by atoms with Crippen molar-refractivity contribution in [2.45, 2.75) is 19.4 Å². The summed E-state index contributed by atoms with van der Waals surface area (Å²) in [6, 6.07) is 24.6. The van der Waals surface area contributed by atoms with E-state index in [1.165, 1.54) is 16.9 Å². The number of carboxylic acid groups (broad SMARTS) is 1. The van der Waals surface area contributed by atoms with Crippen LogP contribution in [0.5, 0.6) is 0 Å². The highest BCUT2D eigenvalue weighted by molar-refractivity contribution is 7.03. The van der Waals surface area contributed by atoms with E-state index in [1.807, 2.05) is 49.0 Å². The Morgan fingerprint density at radius 3 is 2.54 bits per heavy atom. The fraction of sp³-hybridized carbons (Fsp3) is 0.0968. The maximum atomic E-state index is 13.8. The molecule has 0 saturated heterocycles. The van der Waals surface area contributed by atoms with E-state index in [-0.39, 0.29) is 17.5 Å². The number of hydrogen-bond acceptors (Lipinski definition) is 5. The van der Waals surface area contributed by atoms with Crippen LogP contribution in [0.25, 0.3) is 27.5 Å². The normalized spacial score (nSPS) is 12.0. The number of pyridine rings is 1. The summed E-state index contributed by atoms with van der Waals surface area (Å²) in [6.07, 6.45) is 4.34. The molecule has 0 aliphatic rings. The maximum absolute atomic E-state index is 13.8. The van der Waals surface area contributed by atoms with Gasteiger partial charge in [0.15, 0.2) is 0 Å². The van der Waals surface area contributed by atoms with E-state index in [2.05, 4.69) is 45.1 Å². The first-order valence-electron chi connectivity index (χ1n) is 12.5. The zero-order valence-electron chi connectivity index (χ0n) is 21.0. The molecule has 2 N–H and O–H groups in total. The molecule has 192 valence electrons. The Hall–Kier alpha value is -4.82. The van der Waals surface area contributed by atoms with Gasteiger partial charge in [-0.2, -0.15) is 9.47 Å². The first-order chi connectivity index (χ1) is 19.0. The van der Waals surface area contributed by atoms with Gasteiger partial charge in [-0.05, 0) is 64.6 Å². The van der Waals surface area contributed by atoms with E-state index in [9.17, 15) is 14.7 Å². The molecule has 8 heteroatoms. The summed E-state index contributed by atoms with van der Waals surface area (Å²) in [5.74, 6) is -1.23. The number of nitrogens with one attached hydrogen (secondary N) is 1. The Kier molecular flexibility index (Phi) is 6.38. The van der Waals surface area contributed by atoms with Crippen molar-refractivity contribution >= 4 is 39.7 Å². The number of rotatable bonds is 7. The van der Waals surface area contributed by atoms with Crippen LogP contribution in [0.3, 0.4) is 0 Å². The number of hydrogen-bond donors (Lipinski definition) is 2. The molecule has 0 aliphatic heterocycles. The predicted octanol–water partition coefficient (Wildman–Crippen LogP) is 6.39. The predicted molar refractivity (Wildman–Crippen MR) is 152 cm³/mol. The summed E-state index contributed by atoms with van der Waals surface area (Å²) < 4.78 is 6.21. The van der Waals surface area contributed by atoms with Gasteiger partial charge in [0.25, 0.3) is 5.91 Å². The second-order valence-electron chi connectivity index (χ2n) is 9.47. The van der Waals surface area contributed by atoms with E-state index < -0.39 is 5.97 Å². The topological polar surface area (TPSA) is 96.6 Å². The highest BCUT2D eigenvalue weighted by atomic mass is 32.1. The van der Waals surface area contributed by atoms with Crippen LogP contribution < -0.4 is 5.32 Å². The molecular formula is C31H24N4O3S. The van der Waals surface area contributed by atoms with Gasteiger partial charge in [0, 0.05) is 29.1 Å². The quantitative estimate of drug-likeness (QED) is 0.248. The number of fused-ring (bicyclic) bond motifs is 2. The Bertz CT molecular complexity index is 1820. The number of amides is 1. The number of nitrogens with zero attached hydrogens (tertiary/aromatic N) is 3. The number of aromatic nitrogens is 3. The third-order valence-corrected chi connectivity index (χ3v) is 7.44. The molecule has 1 amide bonds. The monoisotopic (exact) mass is 532 g/mol. The number of carbonyl (C=O) groups excluding carboxylic acids is 1. The van der Waals surface area contributed by atoms with Crippen LogP contribution in [-0.2, 0) is 6.42 Å². The molecule has 7 nitrogen and oxygen atoms in total. The highest BCUT2D eigenvalue weighted by Gasteiger charge is 2.20. The molecule has 1 atom stereocenters. The van der Waals surface area contributed by atoms with Crippen LogP contribution in [0.15, 0.2) is 96.6 Å². The molecule has 3 aromatic carbocycles. The molecule has 3 aromatic heterocycles. The van der Waals surface area contributed by atoms with E-state index in [1.54, 1.807) is 28.8 Å². The minimum atomic E-state index is -0.987. The molecule has 0 fully saturated rings. The van der Waals surface area contributed by atoms with Crippen molar-refractivity contribution in [3.8, 4) is 11.3 Å². The largest absolute Gasteiger partial charge is 0.478 e. The summed E-state index contributed by atoms with van der Waals surface area (Å²) in [5.41, 5.74) is 5.91. The molecule has 0 radical (unpaired) electrons. The maximum Gasteiger partial charge on any atom is 0.335 e. The Morgan fingerprint density at radius 1 is 1.00 bits per heavy atom. The fourth-order valence-electron chi connectivity index (χ4n) is 4.83. The molecule has 3 heterocycles. The number of benzene rings is 3. The standard InChI is InChI=1S/C31H24N4O3S/c1-19(21-8-10-23(11-9-21)31(37)38)33-30(36)27-16-26(28-12-13-39-34-28)18-35-29(27)25(17-32-35)15-20-6-7-22-4-2-3-5-24(22)14-20/h2-14,16-19H,15H2,1H3,(H,33,36)(H,37,38)/t19-/m0/s1. The second kappa shape index (κ2) is 10.2. The van der Waals surface area contributed by atoms with Crippen LogP contribution in [0.1, 0.15) is 50.4 Å². The molecule has 0 unspecified atom stereocenters. The van der Waals surface area contributed by atoms with Crippen LogP contribution in [0, 0.1) is 0 Å². The van der Waals surface area contributed by atoms with E-state index >= 15 is 0 Å². The Balaban J connectivity index is 1.38. The van der Waals surface area contributed by atoms with Crippen molar-refractivity contribution in [3.05, 3.63) is 124 Å². The van der Waals surface area contributed by atoms with Crippen molar-refractivity contribution in [1.82, 2.24) is 19.3 Å². The van der Waals surface area contributed by atoms with Crippen molar-refractivity contribution in [1.29, 1.82) is 0 Å². The lowest BCUT2D eigenvalue weighted by Crippen LogP contribution is -2.27. The smallest absolute Gasteiger partial charge is 0.335 e. The lowest BCUT2D eigenvalue weighted by Gasteiger charge is -2.16. The molecular weight excluding hydrogens is 508 g/mol. The van der Waals surface area contributed by atoms with Crippen molar-refractivity contribution < 1.29 is 14.7 Å². The summed E-state index contributed by atoms with van der Waals surface area (Å²) in [7, 11) is 0. The fourth-order valence-corrected chi connectivity index (χ4v) is 5.36. The van der Waals surface area contributed by atoms with Gasteiger partial charge >= 0.3 is 5.97 Å². The van der Waals surface area contributed by atoms with Gasteiger partial charge < -0.3 is 10.4 Å².